The maximum atomic E-state index is 6.46. The third-order valence-corrected chi connectivity index (χ3v) is 3.62. The third-order valence-electron chi connectivity index (χ3n) is 3.62. The summed E-state index contributed by atoms with van der Waals surface area (Å²) in [5.74, 6) is 0. The van der Waals surface area contributed by atoms with Crippen molar-refractivity contribution in [3.8, 4) is 0 Å². The average molecular weight is 260 g/mol. The van der Waals surface area contributed by atoms with Crippen molar-refractivity contribution in [3.05, 3.63) is 0 Å². The Labute approximate surface area is 111 Å². The van der Waals surface area contributed by atoms with E-state index in [0.717, 1.165) is 52.4 Å². The molecule has 1 saturated heterocycles. The van der Waals surface area contributed by atoms with Crippen molar-refractivity contribution < 1.29 is 14.2 Å². The first-order chi connectivity index (χ1) is 8.61. The summed E-state index contributed by atoms with van der Waals surface area (Å²) in [7, 11) is 3.46. The Balaban J connectivity index is 2.52. The highest BCUT2D eigenvalue weighted by Crippen LogP contribution is 2.20. The Bertz CT molecular complexity index is 220. The summed E-state index contributed by atoms with van der Waals surface area (Å²) in [6.45, 7) is 6.92. The van der Waals surface area contributed by atoms with Gasteiger partial charge >= 0.3 is 0 Å². The van der Waals surface area contributed by atoms with Crippen LogP contribution >= 0.6 is 0 Å². The van der Waals surface area contributed by atoms with E-state index in [1.54, 1.807) is 14.2 Å². The quantitative estimate of drug-likeness (QED) is 0.688. The van der Waals surface area contributed by atoms with Gasteiger partial charge in [-0.15, -0.1) is 0 Å². The molecule has 1 atom stereocenters. The second kappa shape index (κ2) is 8.07. The van der Waals surface area contributed by atoms with Crippen molar-refractivity contribution in [2.24, 2.45) is 5.73 Å². The Hall–Kier alpha value is -0.200. The molecular formula is C13H28N2O3. The summed E-state index contributed by atoms with van der Waals surface area (Å²) in [5.41, 5.74) is 6.33. The molecule has 1 aliphatic heterocycles. The molecule has 5 heteroatoms. The molecule has 0 amide bonds. The van der Waals surface area contributed by atoms with Crippen LogP contribution in [0.1, 0.15) is 19.8 Å². The molecule has 0 aromatic rings. The first-order valence-electron chi connectivity index (χ1n) is 6.70. The van der Waals surface area contributed by atoms with Crippen LogP contribution in [0.2, 0.25) is 0 Å². The SMILES string of the molecule is COCCN(CC1(N)CCOCC1)C(C)COC. The van der Waals surface area contributed by atoms with E-state index in [0.29, 0.717) is 6.04 Å². The van der Waals surface area contributed by atoms with Crippen LogP contribution in [-0.2, 0) is 14.2 Å². The van der Waals surface area contributed by atoms with Crippen LogP contribution in [-0.4, -0.2) is 70.2 Å². The van der Waals surface area contributed by atoms with Crippen molar-refractivity contribution in [2.75, 3.05) is 53.7 Å². The van der Waals surface area contributed by atoms with Crippen molar-refractivity contribution in [2.45, 2.75) is 31.3 Å². The van der Waals surface area contributed by atoms with Crippen molar-refractivity contribution >= 4 is 0 Å². The van der Waals surface area contributed by atoms with Crippen LogP contribution in [0.5, 0.6) is 0 Å². The maximum absolute atomic E-state index is 6.46. The smallest absolute Gasteiger partial charge is 0.0615 e. The Morgan fingerprint density at radius 2 is 1.94 bits per heavy atom. The number of ether oxygens (including phenoxy) is 3. The lowest BCUT2D eigenvalue weighted by Crippen LogP contribution is -2.56. The lowest BCUT2D eigenvalue weighted by atomic mass is 9.90. The fourth-order valence-corrected chi connectivity index (χ4v) is 2.35. The van der Waals surface area contributed by atoms with E-state index < -0.39 is 0 Å². The van der Waals surface area contributed by atoms with Gasteiger partial charge in [0.25, 0.3) is 0 Å². The van der Waals surface area contributed by atoms with Crippen molar-refractivity contribution in [1.82, 2.24) is 4.90 Å². The minimum Gasteiger partial charge on any atom is -0.383 e. The molecule has 1 heterocycles. The number of methoxy groups -OCH3 is 2. The molecule has 1 aliphatic rings. The molecule has 1 fully saturated rings. The maximum Gasteiger partial charge on any atom is 0.0615 e. The second-order valence-electron chi connectivity index (χ2n) is 5.24. The van der Waals surface area contributed by atoms with Gasteiger partial charge in [-0.25, -0.2) is 0 Å². The highest BCUT2D eigenvalue weighted by molar-refractivity contribution is 4.90. The van der Waals surface area contributed by atoms with Gasteiger partial charge in [0.05, 0.1) is 13.2 Å². The molecule has 1 unspecified atom stereocenters. The van der Waals surface area contributed by atoms with Gasteiger partial charge in [-0.2, -0.15) is 0 Å². The molecule has 0 bridgehead atoms. The summed E-state index contributed by atoms with van der Waals surface area (Å²) in [4.78, 5) is 2.36. The fraction of sp³-hybridized carbons (Fsp3) is 1.00. The minimum absolute atomic E-state index is 0.131. The van der Waals surface area contributed by atoms with Gasteiger partial charge < -0.3 is 19.9 Å². The van der Waals surface area contributed by atoms with Crippen LogP contribution in [0.25, 0.3) is 0 Å². The number of hydrogen-bond acceptors (Lipinski definition) is 5. The lowest BCUT2D eigenvalue weighted by Gasteiger charge is -2.40. The Kier molecular flexibility index (Phi) is 7.11. The molecule has 0 aromatic heterocycles. The van der Waals surface area contributed by atoms with E-state index in [1.165, 1.54) is 0 Å². The molecular weight excluding hydrogens is 232 g/mol. The van der Waals surface area contributed by atoms with Gasteiger partial charge in [-0.05, 0) is 19.8 Å². The number of nitrogens with zero attached hydrogens (tertiary/aromatic N) is 1. The predicted molar refractivity (Wildman–Crippen MR) is 71.8 cm³/mol. The van der Waals surface area contributed by atoms with Crippen LogP contribution in [0.15, 0.2) is 0 Å². The van der Waals surface area contributed by atoms with Gasteiger partial charge in [0, 0.05) is 52.1 Å². The van der Waals surface area contributed by atoms with Crippen LogP contribution in [0, 0.1) is 0 Å². The molecule has 108 valence electrons. The van der Waals surface area contributed by atoms with Crippen molar-refractivity contribution in [3.63, 3.8) is 0 Å². The van der Waals surface area contributed by atoms with E-state index in [1.807, 2.05) is 0 Å². The molecule has 0 aliphatic carbocycles. The van der Waals surface area contributed by atoms with E-state index in [2.05, 4.69) is 11.8 Å². The van der Waals surface area contributed by atoms with Gasteiger partial charge in [0.1, 0.15) is 0 Å². The molecule has 5 nitrogen and oxygen atoms in total. The van der Waals surface area contributed by atoms with Gasteiger partial charge in [0.15, 0.2) is 0 Å². The number of hydrogen-bond donors (Lipinski definition) is 1. The fourth-order valence-electron chi connectivity index (χ4n) is 2.35. The Morgan fingerprint density at radius 1 is 1.28 bits per heavy atom. The molecule has 0 aromatic carbocycles. The number of nitrogens with two attached hydrogens (primary N) is 1. The Morgan fingerprint density at radius 3 is 2.50 bits per heavy atom. The first-order valence-corrected chi connectivity index (χ1v) is 6.70. The monoisotopic (exact) mass is 260 g/mol. The van der Waals surface area contributed by atoms with E-state index in [-0.39, 0.29) is 5.54 Å². The predicted octanol–water partition coefficient (Wildman–Crippen LogP) is 0.478. The normalized spacial score (nSPS) is 21.2. The largest absolute Gasteiger partial charge is 0.383 e. The summed E-state index contributed by atoms with van der Waals surface area (Å²) < 4.78 is 15.8. The summed E-state index contributed by atoms with van der Waals surface area (Å²) in [6, 6.07) is 0.355. The molecule has 0 spiro atoms. The zero-order valence-electron chi connectivity index (χ0n) is 12.0. The summed E-state index contributed by atoms with van der Waals surface area (Å²) in [6.07, 6.45) is 1.85. The lowest BCUT2D eigenvalue weighted by molar-refractivity contribution is 0.0145. The van der Waals surface area contributed by atoms with Gasteiger partial charge in [-0.1, -0.05) is 0 Å². The highest BCUT2D eigenvalue weighted by Gasteiger charge is 2.31. The third kappa shape index (κ3) is 5.20. The molecule has 2 N–H and O–H groups in total. The molecule has 18 heavy (non-hydrogen) atoms. The summed E-state index contributed by atoms with van der Waals surface area (Å²) >= 11 is 0. The molecule has 0 radical (unpaired) electrons. The zero-order chi connectivity index (χ0) is 13.4. The van der Waals surface area contributed by atoms with Crippen LogP contribution in [0.3, 0.4) is 0 Å². The zero-order valence-corrected chi connectivity index (χ0v) is 12.0. The molecule has 1 rings (SSSR count). The van der Waals surface area contributed by atoms with E-state index >= 15 is 0 Å². The van der Waals surface area contributed by atoms with Crippen LogP contribution < -0.4 is 5.73 Å². The van der Waals surface area contributed by atoms with Crippen LogP contribution in [0.4, 0.5) is 0 Å². The standard InChI is InChI=1S/C13H28N2O3/c1-12(10-17-3)15(6-9-16-2)11-13(14)4-7-18-8-5-13/h12H,4-11,14H2,1-3H3. The highest BCUT2D eigenvalue weighted by atomic mass is 16.5. The minimum atomic E-state index is -0.131. The first kappa shape index (κ1) is 15.9. The number of rotatable bonds is 8. The topological polar surface area (TPSA) is 57.0 Å². The van der Waals surface area contributed by atoms with Gasteiger partial charge in [0.2, 0.25) is 0 Å². The average Bonchev–Trinajstić information content (AvgIpc) is 2.35. The molecule has 0 saturated carbocycles. The van der Waals surface area contributed by atoms with E-state index in [9.17, 15) is 0 Å². The second-order valence-corrected chi connectivity index (χ2v) is 5.24. The summed E-state index contributed by atoms with van der Waals surface area (Å²) in [5, 5.41) is 0. The van der Waals surface area contributed by atoms with E-state index in [4.69, 9.17) is 19.9 Å². The van der Waals surface area contributed by atoms with Crippen molar-refractivity contribution in [1.29, 1.82) is 0 Å². The van der Waals surface area contributed by atoms with Gasteiger partial charge in [-0.3, -0.25) is 4.90 Å².